The molecule has 1 amide bonds. The van der Waals surface area contributed by atoms with Gasteiger partial charge in [0.15, 0.2) is 29.1 Å². The second-order valence-electron chi connectivity index (χ2n) is 5.90. The highest BCUT2D eigenvalue weighted by Gasteiger charge is 2.21. The first kappa shape index (κ1) is 19.3. The molecule has 0 aromatic heterocycles. The molecular formula is C20H21NO7. The first-order chi connectivity index (χ1) is 13.5. The van der Waals surface area contributed by atoms with Gasteiger partial charge in [0.2, 0.25) is 6.79 Å². The van der Waals surface area contributed by atoms with Crippen molar-refractivity contribution in [2.75, 3.05) is 25.8 Å². The van der Waals surface area contributed by atoms with Gasteiger partial charge < -0.3 is 29.0 Å². The predicted octanol–water partition coefficient (Wildman–Crippen LogP) is 3.01. The monoisotopic (exact) mass is 387 g/mol. The average molecular weight is 387 g/mol. The summed E-state index contributed by atoms with van der Waals surface area (Å²) in [5.74, 6) is 0.981. The molecule has 1 heterocycles. The molecule has 0 fully saturated rings. The van der Waals surface area contributed by atoms with Gasteiger partial charge in [-0.15, -0.1) is 0 Å². The lowest BCUT2D eigenvalue weighted by Crippen LogP contribution is -2.30. The van der Waals surface area contributed by atoms with E-state index in [0.29, 0.717) is 35.3 Å². The molecule has 1 aliphatic heterocycles. The number of hydrogen-bond donors (Lipinski definition) is 1. The fourth-order valence-electron chi connectivity index (χ4n) is 2.57. The van der Waals surface area contributed by atoms with E-state index in [0.717, 1.165) is 0 Å². The molecule has 0 aliphatic carbocycles. The SMILES string of the molecule is CCOc1ccc(C(=O)O[C@H](C)C(=O)Nc2ccc3c(c2)OCO3)cc1OC. The summed E-state index contributed by atoms with van der Waals surface area (Å²) in [4.78, 5) is 24.7. The zero-order chi connectivity index (χ0) is 20.1. The van der Waals surface area contributed by atoms with Gasteiger partial charge in [0.1, 0.15) is 0 Å². The predicted molar refractivity (Wildman–Crippen MR) is 100 cm³/mol. The number of ether oxygens (including phenoxy) is 5. The van der Waals surface area contributed by atoms with Gasteiger partial charge in [-0.2, -0.15) is 0 Å². The molecule has 148 valence electrons. The van der Waals surface area contributed by atoms with Crippen molar-refractivity contribution in [3.05, 3.63) is 42.0 Å². The van der Waals surface area contributed by atoms with Gasteiger partial charge in [-0.1, -0.05) is 0 Å². The van der Waals surface area contributed by atoms with Gasteiger partial charge in [0.25, 0.3) is 5.91 Å². The Balaban J connectivity index is 1.62. The Bertz CT molecular complexity index is 881. The van der Waals surface area contributed by atoms with Crippen LogP contribution in [0.15, 0.2) is 36.4 Å². The number of anilines is 1. The number of benzene rings is 2. The van der Waals surface area contributed by atoms with Crippen molar-refractivity contribution in [2.45, 2.75) is 20.0 Å². The van der Waals surface area contributed by atoms with E-state index in [-0.39, 0.29) is 12.4 Å². The van der Waals surface area contributed by atoms with E-state index in [2.05, 4.69) is 5.32 Å². The molecule has 0 bridgehead atoms. The van der Waals surface area contributed by atoms with Crippen molar-refractivity contribution >= 4 is 17.6 Å². The number of fused-ring (bicyclic) bond motifs is 1. The normalized spacial score (nSPS) is 12.8. The van der Waals surface area contributed by atoms with Gasteiger partial charge in [-0.3, -0.25) is 4.79 Å². The van der Waals surface area contributed by atoms with Crippen molar-refractivity contribution in [1.29, 1.82) is 0 Å². The van der Waals surface area contributed by atoms with E-state index in [1.807, 2.05) is 6.92 Å². The lowest BCUT2D eigenvalue weighted by atomic mass is 10.2. The minimum absolute atomic E-state index is 0.145. The van der Waals surface area contributed by atoms with Crippen molar-refractivity contribution in [2.24, 2.45) is 0 Å². The molecule has 1 aliphatic rings. The molecule has 2 aromatic rings. The van der Waals surface area contributed by atoms with Crippen LogP contribution < -0.4 is 24.3 Å². The Labute approximate surface area is 162 Å². The third kappa shape index (κ3) is 4.28. The fraction of sp³-hybridized carbons (Fsp3) is 0.300. The topological polar surface area (TPSA) is 92.3 Å². The van der Waals surface area contributed by atoms with Crippen LogP contribution in [0.2, 0.25) is 0 Å². The molecule has 3 rings (SSSR count). The molecule has 0 spiro atoms. The lowest BCUT2D eigenvalue weighted by Gasteiger charge is -2.15. The van der Waals surface area contributed by atoms with E-state index in [1.165, 1.54) is 20.1 Å². The fourth-order valence-corrected chi connectivity index (χ4v) is 2.57. The standard InChI is InChI=1S/C20H21NO7/c1-4-25-15-7-5-13(9-17(15)24-3)20(23)28-12(2)19(22)21-14-6-8-16-18(10-14)27-11-26-16/h5-10,12H,4,11H2,1-3H3,(H,21,22)/t12-/m1/s1. The Morgan fingerprint density at radius 2 is 1.89 bits per heavy atom. The number of rotatable bonds is 7. The maximum absolute atomic E-state index is 12.4. The summed E-state index contributed by atoms with van der Waals surface area (Å²) >= 11 is 0. The van der Waals surface area contributed by atoms with E-state index in [1.54, 1.807) is 30.3 Å². The summed E-state index contributed by atoms with van der Waals surface area (Å²) in [5, 5.41) is 2.68. The molecule has 0 radical (unpaired) electrons. The maximum atomic E-state index is 12.4. The van der Waals surface area contributed by atoms with Crippen molar-refractivity contribution in [3.63, 3.8) is 0 Å². The highest BCUT2D eigenvalue weighted by atomic mass is 16.7. The zero-order valence-corrected chi connectivity index (χ0v) is 15.8. The summed E-state index contributed by atoms with van der Waals surface area (Å²) in [6, 6.07) is 9.70. The average Bonchev–Trinajstić information content (AvgIpc) is 3.16. The minimum atomic E-state index is -1.00. The molecule has 1 atom stereocenters. The Morgan fingerprint density at radius 1 is 1.11 bits per heavy atom. The Hall–Kier alpha value is -3.42. The number of hydrogen-bond acceptors (Lipinski definition) is 7. The number of methoxy groups -OCH3 is 1. The number of esters is 1. The third-order valence-corrected chi connectivity index (χ3v) is 3.99. The van der Waals surface area contributed by atoms with Crippen LogP contribution in [0.1, 0.15) is 24.2 Å². The quantitative estimate of drug-likeness (QED) is 0.730. The van der Waals surface area contributed by atoms with Crippen LogP contribution in [0, 0.1) is 0 Å². The van der Waals surface area contributed by atoms with Crippen molar-refractivity contribution in [3.8, 4) is 23.0 Å². The first-order valence-corrected chi connectivity index (χ1v) is 8.74. The molecular weight excluding hydrogens is 366 g/mol. The van der Waals surface area contributed by atoms with Gasteiger partial charge >= 0.3 is 5.97 Å². The number of carbonyl (C=O) groups excluding carboxylic acids is 2. The van der Waals surface area contributed by atoms with Crippen molar-refractivity contribution < 1.29 is 33.3 Å². The van der Waals surface area contributed by atoms with Crippen LogP contribution in [-0.2, 0) is 9.53 Å². The van der Waals surface area contributed by atoms with Crippen LogP contribution in [0.5, 0.6) is 23.0 Å². The van der Waals surface area contributed by atoms with E-state index < -0.39 is 18.0 Å². The molecule has 28 heavy (non-hydrogen) atoms. The van der Waals surface area contributed by atoms with Gasteiger partial charge in [0.05, 0.1) is 19.3 Å². The second-order valence-corrected chi connectivity index (χ2v) is 5.90. The van der Waals surface area contributed by atoms with Crippen LogP contribution in [-0.4, -0.2) is 38.5 Å². The van der Waals surface area contributed by atoms with Crippen LogP contribution >= 0.6 is 0 Å². The summed E-state index contributed by atoms with van der Waals surface area (Å²) in [6.45, 7) is 3.96. The molecule has 8 heteroatoms. The lowest BCUT2D eigenvalue weighted by molar-refractivity contribution is -0.123. The summed E-state index contributed by atoms with van der Waals surface area (Å²) in [6.07, 6.45) is -1.00. The zero-order valence-electron chi connectivity index (χ0n) is 15.8. The van der Waals surface area contributed by atoms with E-state index >= 15 is 0 Å². The van der Waals surface area contributed by atoms with Gasteiger partial charge in [-0.05, 0) is 44.2 Å². The van der Waals surface area contributed by atoms with E-state index in [4.69, 9.17) is 23.7 Å². The minimum Gasteiger partial charge on any atom is -0.493 e. The van der Waals surface area contributed by atoms with Gasteiger partial charge in [-0.25, -0.2) is 4.79 Å². The van der Waals surface area contributed by atoms with Crippen LogP contribution in [0.25, 0.3) is 0 Å². The number of amides is 1. The van der Waals surface area contributed by atoms with Crippen molar-refractivity contribution in [1.82, 2.24) is 0 Å². The second kappa shape index (κ2) is 8.51. The van der Waals surface area contributed by atoms with Crippen LogP contribution in [0.3, 0.4) is 0 Å². The smallest absolute Gasteiger partial charge is 0.339 e. The number of carbonyl (C=O) groups is 2. The molecule has 2 aromatic carbocycles. The molecule has 1 N–H and O–H groups in total. The first-order valence-electron chi connectivity index (χ1n) is 8.74. The maximum Gasteiger partial charge on any atom is 0.339 e. The number of nitrogens with one attached hydrogen (secondary N) is 1. The Kier molecular flexibility index (Phi) is 5.88. The summed E-state index contributed by atoms with van der Waals surface area (Å²) in [7, 11) is 1.48. The van der Waals surface area contributed by atoms with E-state index in [9.17, 15) is 9.59 Å². The summed E-state index contributed by atoms with van der Waals surface area (Å²) in [5.41, 5.74) is 0.767. The van der Waals surface area contributed by atoms with Gasteiger partial charge in [0, 0.05) is 11.8 Å². The molecule has 0 saturated carbocycles. The summed E-state index contributed by atoms with van der Waals surface area (Å²) < 4.78 is 26.4. The highest BCUT2D eigenvalue weighted by molar-refractivity contribution is 5.97. The third-order valence-electron chi connectivity index (χ3n) is 3.99. The highest BCUT2D eigenvalue weighted by Crippen LogP contribution is 2.34. The Morgan fingerprint density at radius 3 is 2.64 bits per heavy atom. The largest absolute Gasteiger partial charge is 0.493 e. The van der Waals surface area contributed by atoms with Crippen LogP contribution in [0.4, 0.5) is 5.69 Å². The molecule has 8 nitrogen and oxygen atoms in total. The molecule has 0 saturated heterocycles. The molecule has 0 unspecified atom stereocenters.